The van der Waals surface area contributed by atoms with E-state index in [-0.39, 0.29) is 11.5 Å². The molecule has 1 fully saturated rings. The number of benzene rings is 1. The van der Waals surface area contributed by atoms with Crippen molar-refractivity contribution in [3.8, 4) is 0 Å². The van der Waals surface area contributed by atoms with Gasteiger partial charge in [0.1, 0.15) is 15.8 Å². The molecule has 0 atom stereocenters. The Morgan fingerprint density at radius 1 is 1.12 bits per heavy atom. The molecule has 4 rings (SSSR count). The summed E-state index contributed by atoms with van der Waals surface area (Å²) in [6.45, 7) is 5.23. The minimum Gasteiger partial charge on any atom is -0.383 e. The normalized spacial score (nSPS) is 15.1. The smallest absolute Gasteiger partial charge is 0.267 e. The van der Waals surface area contributed by atoms with Crippen LogP contribution in [0.3, 0.4) is 0 Å². The molecule has 1 amide bonds. The third kappa shape index (κ3) is 5.00. The van der Waals surface area contributed by atoms with Gasteiger partial charge in [-0.25, -0.2) is 4.98 Å². The summed E-state index contributed by atoms with van der Waals surface area (Å²) in [5.41, 5.74) is 3.65. The maximum atomic E-state index is 13.4. The van der Waals surface area contributed by atoms with Crippen LogP contribution < -0.4 is 10.9 Å². The van der Waals surface area contributed by atoms with Crippen molar-refractivity contribution in [2.75, 3.05) is 25.6 Å². The molecule has 1 aliphatic rings. The highest BCUT2D eigenvalue weighted by Crippen LogP contribution is 2.34. The monoisotopic (exact) mass is 480 g/mol. The van der Waals surface area contributed by atoms with E-state index in [1.54, 1.807) is 30.3 Å². The van der Waals surface area contributed by atoms with Crippen molar-refractivity contribution < 1.29 is 9.53 Å². The molecule has 1 aliphatic heterocycles. The molecule has 1 aromatic carbocycles. The number of carbonyl (C=O) groups excluding carboxylic acids is 1. The average molecular weight is 481 g/mol. The van der Waals surface area contributed by atoms with Crippen LogP contribution in [0, 0.1) is 13.8 Å². The molecule has 0 saturated carbocycles. The van der Waals surface area contributed by atoms with E-state index in [1.165, 1.54) is 16.2 Å². The molecule has 170 valence electrons. The number of methoxy groups -OCH3 is 1. The number of hydrogen-bond acceptors (Lipinski definition) is 7. The van der Waals surface area contributed by atoms with Crippen molar-refractivity contribution in [2.45, 2.75) is 20.4 Å². The molecule has 0 bridgehead atoms. The fraction of sp³-hybridized carbons (Fsp3) is 0.250. The fourth-order valence-electron chi connectivity index (χ4n) is 3.44. The fourth-order valence-corrected chi connectivity index (χ4v) is 4.68. The van der Waals surface area contributed by atoms with E-state index in [0.717, 1.165) is 16.7 Å². The summed E-state index contributed by atoms with van der Waals surface area (Å²) in [6, 6.07) is 11.7. The SMILES string of the molecule is COCCNc1nc2ccc(C)cn2c(=O)c1/C=C1\SC(=S)N(Cc2ccc(C)cc2)C1=O. The van der Waals surface area contributed by atoms with E-state index < -0.39 is 0 Å². The van der Waals surface area contributed by atoms with E-state index in [1.807, 2.05) is 44.2 Å². The number of ether oxygens (including phenoxy) is 1. The molecule has 3 heterocycles. The zero-order chi connectivity index (χ0) is 23.5. The zero-order valence-corrected chi connectivity index (χ0v) is 20.3. The van der Waals surface area contributed by atoms with E-state index in [2.05, 4.69) is 10.3 Å². The summed E-state index contributed by atoms with van der Waals surface area (Å²) < 4.78 is 7.07. The van der Waals surface area contributed by atoms with Gasteiger partial charge in [-0.1, -0.05) is 59.9 Å². The Labute approximate surface area is 201 Å². The van der Waals surface area contributed by atoms with Crippen LogP contribution in [0.5, 0.6) is 0 Å². The summed E-state index contributed by atoms with van der Waals surface area (Å²) >= 11 is 6.67. The number of rotatable bonds is 7. The quantitative estimate of drug-likeness (QED) is 0.313. The maximum Gasteiger partial charge on any atom is 0.267 e. The van der Waals surface area contributed by atoms with Crippen LogP contribution in [0.2, 0.25) is 0 Å². The number of carbonyl (C=O) groups is 1. The van der Waals surface area contributed by atoms with Gasteiger partial charge in [0.25, 0.3) is 11.5 Å². The Balaban J connectivity index is 1.72. The molecule has 1 saturated heterocycles. The van der Waals surface area contributed by atoms with Crippen LogP contribution in [0.15, 0.2) is 52.3 Å². The van der Waals surface area contributed by atoms with Gasteiger partial charge in [-0.05, 0) is 37.1 Å². The first-order valence-electron chi connectivity index (χ1n) is 10.4. The minimum atomic E-state index is -0.257. The van der Waals surface area contributed by atoms with Crippen LogP contribution in [0.4, 0.5) is 5.82 Å². The maximum absolute atomic E-state index is 13.4. The van der Waals surface area contributed by atoms with Crippen LogP contribution in [0.1, 0.15) is 22.3 Å². The van der Waals surface area contributed by atoms with Gasteiger partial charge in [0.05, 0.1) is 23.6 Å². The lowest BCUT2D eigenvalue weighted by Crippen LogP contribution is -2.27. The van der Waals surface area contributed by atoms with Gasteiger partial charge < -0.3 is 10.1 Å². The topological polar surface area (TPSA) is 75.9 Å². The zero-order valence-electron chi connectivity index (χ0n) is 18.6. The first-order chi connectivity index (χ1) is 15.9. The summed E-state index contributed by atoms with van der Waals surface area (Å²) in [4.78, 5) is 33.1. The Morgan fingerprint density at radius 2 is 1.85 bits per heavy atom. The average Bonchev–Trinajstić information content (AvgIpc) is 3.05. The standard InChI is InChI=1S/C24H24N4O3S2/c1-15-4-7-17(8-5-15)14-28-23(30)19(33-24(28)32)12-18-21(25-10-11-31-3)26-20-9-6-16(2)13-27(20)22(18)29/h4-9,12-13,25H,10-11,14H2,1-3H3/b19-12-. The second-order valence-electron chi connectivity index (χ2n) is 7.79. The van der Waals surface area contributed by atoms with E-state index in [9.17, 15) is 9.59 Å². The highest BCUT2D eigenvalue weighted by atomic mass is 32.2. The molecular formula is C24H24N4O3S2. The number of aromatic nitrogens is 2. The third-order valence-corrected chi connectivity index (χ3v) is 6.59. The number of nitrogens with zero attached hydrogens (tertiary/aromatic N) is 3. The van der Waals surface area contributed by atoms with Crippen molar-refractivity contribution in [3.63, 3.8) is 0 Å². The van der Waals surface area contributed by atoms with Crippen molar-refractivity contribution in [1.82, 2.24) is 14.3 Å². The van der Waals surface area contributed by atoms with Gasteiger partial charge >= 0.3 is 0 Å². The van der Waals surface area contributed by atoms with Crippen molar-refractivity contribution in [2.24, 2.45) is 0 Å². The number of thiocarbonyl (C=S) groups is 1. The Kier molecular flexibility index (Phi) is 6.92. The Hall–Kier alpha value is -3.01. The predicted molar refractivity (Wildman–Crippen MR) is 136 cm³/mol. The van der Waals surface area contributed by atoms with Gasteiger partial charge in [-0.2, -0.15) is 0 Å². The molecule has 2 aromatic heterocycles. The van der Waals surface area contributed by atoms with E-state index in [4.69, 9.17) is 17.0 Å². The van der Waals surface area contributed by atoms with E-state index in [0.29, 0.717) is 46.0 Å². The number of thioether (sulfide) groups is 1. The second-order valence-corrected chi connectivity index (χ2v) is 9.46. The molecule has 0 spiro atoms. The largest absolute Gasteiger partial charge is 0.383 e. The molecule has 9 heteroatoms. The summed E-state index contributed by atoms with van der Waals surface area (Å²) in [5.74, 6) is 0.187. The number of aryl methyl sites for hydroxylation is 2. The van der Waals surface area contributed by atoms with Gasteiger partial charge in [0.15, 0.2) is 0 Å². The highest BCUT2D eigenvalue weighted by molar-refractivity contribution is 8.26. The Morgan fingerprint density at radius 3 is 2.58 bits per heavy atom. The van der Waals surface area contributed by atoms with Gasteiger partial charge in [-0.15, -0.1) is 0 Å². The van der Waals surface area contributed by atoms with Crippen molar-refractivity contribution >= 4 is 51.7 Å². The van der Waals surface area contributed by atoms with Crippen molar-refractivity contribution in [3.05, 3.63) is 80.1 Å². The number of fused-ring (bicyclic) bond motifs is 1. The molecule has 0 aliphatic carbocycles. The van der Waals surface area contributed by atoms with Crippen molar-refractivity contribution in [1.29, 1.82) is 0 Å². The number of amides is 1. The van der Waals surface area contributed by atoms with Crippen LogP contribution in [-0.2, 0) is 16.1 Å². The molecule has 33 heavy (non-hydrogen) atoms. The first-order valence-corrected chi connectivity index (χ1v) is 11.7. The molecule has 0 radical (unpaired) electrons. The number of nitrogens with one attached hydrogen (secondary N) is 1. The number of pyridine rings is 1. The van der Waals surface area contributed by atoms with Crippen LogP contribution in [0.25, 0.3) is 11.7 Å². The third-order valence-electron chi connectivity index (χ3n) is 5.21. The predicted octanol–water partition coefficient (Wildman–Crippen LogP) is 3.77. The molecule has 7 nitrogen and oxygen atoms in total. The summed E-state index contributed by atoms with van der Waals surface area (Å²) in [7, 11) is 1.60. The van der Waals surface area contributed by atoms with Crippen LogP contribution >= 0.6 is 24.0 Å². The summed E-state index contributed by atoms with van der Waals surface area (Å²) in [6.07, 6.45) is 3.33. The molecule has 3 aromatic rings. The lowest BCUT2D eigenvalue weighted by molar-refractivity contribution is -0.122. The Bertz CT molecular complexity index is 1320. The lowest BCUT2D eigenvalue weighted by Gasteiger charge is -2.14. The van der Waals surface area contributed by atoms with E-state index >= 15 is 0 Å². The first kappa shape index (κ1) is 23.2. The van der Waals surface area contributed by atoms with Crippen LogP contribution in [-0.4, -0.2) is 44.8 Å². The molecule has 0 unspecified atom stereocenters. The minimum absolute atomic E-state index is 0.220. The highest BCUT2D eigenvalue weighted by Gasteiger charge is 2.32. The second kappa shape index (κ2) is 9.86. The van der Waals surface area contributed by atoms with Gasteiger partial charge in [-0.3, -0.25) is 18.9 Å². The molecular weight excluding hydrogens is 456 g/mol. The van der Waals surface area contributed by atoms with Gasteiger partial charge in [0.2, 0.25) is 0 Å². The molecule has 1 N–H and O–H groups in total. The van der Waals surface area contributed by atoms with Gasteiger partial charge in [0, 0.05) is 19.9 Å². The lowest BCUT2D eigenvalue weighted by atomic mass is 10.1. The number of hydrogen-bond donors (Lipinski definition) is 1. The number of anilines is 1. The summed E-state index contributed by atoms with van der Waals surface area (Å²) in [5, 5.41) is 3.16.